The van der Waals surface area contributed by atoms with E-state index in [9.17, 15) is 4.79 Å². The van der Waals surface area contributed by atoms with Crippen LogP contribution in [0.4, 0.5) is 0 Å². The number of hydrogen-bond donors (Lipinski definition) is 2. The number of aromatic amines is 1. The molecule has 128 valence electrons. The van der Waals surface area contributed by atoms with Crippen molar-refractivity contribution in [3.05, 3.63) is 84.2 Å². The normalized spacial score (nSPS) is 11.4. The molecule has 4 heteroatoms. The van der Waals surface area contributed by atoms with E-state index in [1.807, 2.05) is 54.7 Å². The summed E-state index contributed by atoms with van der Waals surface area (Å²) in [6.07, 6.45) is 7.95. The molecule has 2 N–H and O–H groups in total. The maximum absolute atomic E-state index is 12.1. The third-order valence-corrected chi connectivity index (χ3v) is 4.45. The second kappa shape index (κ2) is 7.23. The fourth-order valence-electron chi connectivity index (χ4n) is 3.15. The van der Waals surface area contributed by atoms with Gasteiger partial charge in [-0.1, -0.05) is 42.5 Å². The molecule has 0 fully saturated rings. The Balaban J connectivity index is 1.38. The van der Waals surface area contributed by atoms with Crippen LogP contribution in [0.1, 0.15) is 11.1 Å². The molecule has 2 heterocycles. The van der Waals surface area contributed by atoms with Crippen molar-refractivity contribution >= 4 is 33.8 Å². The Hall–Kier alpha value is -3.40. The molecule has 0 saturated heterocycles. The van der Waals surface area contributed by atoms with E-state index in [1.165, 1.54) is 10.9 Å². The van der Waals surface area contributed by atoms with Crippen LogP contribution in [0.3, 0.4) is 0 Å². The van der Waals surface area contributed by atoms with E-state index in [-0.39, 0.29) is 5.91 Å². The zero-order valence-corrected chi connectivity index (χ0v) is 14.3. The Morgan fingerprint density at radius 2 is 1.96 bits per heavy atom. The van der Waals surface area contributed by atoms with Gasteiger partial charge in [0.15, 0.2) is 0 Å². The lowest BCUT2D eigenvalue weighted by molar-refractivity contribution is -0.116. The van der Waals surface area contributed by atoms with Crippen LogP contribution < -0.4 is 5.32 Å². The molecule has 0 spiro atoms. The molecular weight excluding hydrogens is 322 g/mol. The van der Waals surface area contributed by atoms with Crippen LogP contribution >= 0.6 is 0 Å². The summed E-state index contributed by atoms with van der Waals surface area (Å²) in [5.41, 5.74) is 4.17. The number of benzene rings is 2. The number of carbonyl (C=O) groups excluding carboxylic acids is 1. The number of nitrogens with zero attached hydrogens (tertiary/aromatic N) is 1. The summed E-state index contributed by atoms with van der Waals surface area (Å²) in [7, 11) is 0. The summed E-state index contributed by atoms with van der Waals surface area (Å²) in [4.78, 5) is 19.8. The quantitative estimate of drug-likeness (QED) is 0.537. The van der Waals surface area contributed by atoms with Crippen molar-refractivity contribution in [1.82, 2.24) is 15.3 Å². The average Bonchev–Trinajstić information content (AvgIpc) is 3.09. The molecule has 0 atom stereocenters. The zero-order chi connectivity index (χ0) is 17.8. The van der Waals surface area contributed by atoms with E-state index >= 15 is 0 Å². The van der Waals surface area contributed by atoms with Gasteiger partial charge in [-0.05, 0) is 30.2 Å². The number of fused-ring (bicyclic) bond motifs is 2. The van der Waals surface area contributed by atoms with Crippen molar-refractivity contribution in [1.29, 1.82) is 0 Å². The van der Waals surface area contributed by atoms with Gasteiger partial charge in [0.1, 0.15) is 0 Å². The van der Waals surface area contributed by atoms with Crippen LogP contribution in [0.25, 0.3) is 27.9 Å². The third-order valence-electron chi connectivity index (χ3n) is 4.45. The molecule has 0 radical (unpaired) electrons. The molecule has 26 heavy (non-hydrogen) atoms. The SMILES string of the molecule is O=C(C=Cc1cccc2cccnc12)NCCc1c[nH]c2ccccc12. The third kappa shape index (κ3) is 3.35. The smallest absolute Gasteiger partial charge is 0.244 e. The van der Waals surface area contributed by atoms with Crippen LogP contribution in [-0.2, 0) is 11.2 Å². The number of pyridine rings is 1. The number of nitrogens with one attached hydrogen (secondary N) is 2. The number of hydrogen-bond acceptors (Lipinski definition) is 2. The predicted octanol–water partition coefficient (Wildman–Crippen LogP) is 4.09. The highest BCUT2D eigenvalue weighted by Crippen LogP contribution is 2.18. The topological polar surface area (TPSA) is 57.8 Å². The summed E-state index contributed by atoms with van der Waals surface area (Å²) in [6.45, 7) is 0.596. The largest absolute Gasteiger partial charge is 0.361 e. The highest BCUT2D eigenvalue weighted by atomic mass is 16.1. The van der Waals surface area contributed by atoms with E-state index < -0.39 is 0 Å². The summed E-state index contributed by atoms with van der Waals surface area (Å²) >= 11 is 0. The Kier molecular flexibility index (Phi) is 4.48. The monoisotopic (exact) mass is 341 g/mol. The summed E-state index contributed by atoms with van der Waals surface area (Å²) in [5.74, 6) is -0.0993. The van der Waals surface area contributed by atoms with E-state index in [1.54, 1.807) is 12.3 Å². The van der Waals surface area contributed by atoms with Crippen molar-refractivity contribution < 1.29 is 4.79 Å². The van der Waals surface area contributed by atoms with Crippen LogP contribution in [0, 0.1) is 0 Å². The number of rotatable bonds is 5. The Morgan fingerprint density at radius 3 is 2.92 bits per heavy atom. The second-order valence-corrected chi connectivity index (χ2v) is 6.16. The van der Waals surface area contributed by atoms with Crippen molar-refractivity contribution in [2.75, 3.05) is 6.54 Å². The van der Waals surface area contributed by atoms with Gasteiger partial charge in [-0.15, -0.1) is 0 Å². The van der Waals surface area contributed by atoms with Crippen LogP contribution in [0.15, 0.2) is 73.1 Å². The van der Waals surface area contributed by atoms with Crippen LogP contribution in [0.2, 0.25) is 0 Å². The molecule has 4 nitrogen and oxygen atoms in total. The summed E-state index contributed by atoms with van der Waals surface area (Å²) in [5, 5.41) is 5.22. The number of amides is 1. The predicted molar refractivity (Wildman–Crippen MR) is 106 cm³/mol. The van der Waals surface area contributed by atoms with Crippen molar-refractivity contribution in [2.45, 2.75) is 6.42 Å². The lowest BCUT2D eigenvalue weighted by atomic mass is 10.1. The average molecular weight is 341 g/mol. The minimum atomic E-state index is -0.0993. The Labute approximate surface area is 151 Å². The van der Waals surface area contributed by atoms with Gasteiger partial charge in [-0.25, -0.2) is 0 Å². The molecule has 0 aliphatic heterocycles. The first-order valence-corrected chi connectivity index (χ1v) is 8.66. The molecule has 0 unspecified atom stereocenters. The standard InChI is InChI=1S/C22H19N3O/c26-21(11-10-17-6-3-5-16-7-4-13-24-22(16)17)23-14-12-18-15-25-20-9-2-1-8-19(18)20/h1-11,13,15,25H,12,14H2,(H,23,26). The minimum absolute atomic E-state index is 0.0993. The first kappa shape index (κ1) is 16.1. The first-order chi connectivity index (χ1) is 12.8. The van der Waals surface area contributed by atoms with Gasteiger partial charge >= 0.3 is 0 Å². The lowest BCUT2D eigenvalue weighted by Gasteiger charge is -2.03. The number of carbonyl (C=O) groups is 1. The Morgan fingerprint density at radius 1 is 1.08 bits per heavy atom. The maximum atomic E-state index is 12.1. The fourth-order valence-corrected chi connectivity index (χ4v) is 3.15. The molecule has 4 rings (SSSR count). The minimum Gasteiger partial charge on any atom is -0.361 e. The molecule has 0 saturated carbocycles. The molecule has 1 amide bonds. The van der Waals surface area contributed by atoms with Gasteiger partial charge in [-0.3, -0.25) is 9.78 Å². The molecule has 0 aliphatic rings. The van der Waals surface area contributed by atoms with Gasteiger partial charge in [0, 0.05) is 46.9 Å². The van der Waals surface area contributed by atoms with Crippen molar-refractivity contribution in [3.63, 3.8) is 0 Å². The van der Waals surface area contributed by atoms with E-state index in [4.69, 9.17) is 0 Å². The van der Waals surface area contributed by atoms with Gasteiger partial charge in [0.05, 0.1) is 5.52 Å². The van der Waals surface area contributed by atoms with Crippen molar-refractivity contribution in [3.8, 4) is 0 Å². The molecule has 4 aromatic rings. The highest BCUT2D eigenvalue weighted by molar-refractivity contribution is 5.95. The summed E-state index contributed by atoms with van der Waals surface area (Å²) < 4.78 is 0. The molecule has 2 aromatic heterocycles. The fraction of sp³-hybridized carbons (Fsp3) is 0.0909. The Bertz CT molecular complexity index is 1090. The van der Waals surface area contributed by atoms with E-state index in [0.29, 0.717) is 6.54 Å². The van der Waals surface area contributed by atoms with Gasteiger partial charge in [0.2, 0.25) is 5.91 Å². The lowest BCUT2D eigenvalue weighted by Crippen LogP contribution is -2.23. The number of aromatic nitrogens is 2. The van der Waals surface area contributed by atoms with E-state index in [0.717, 1.165) is 28.4 Å². The van der Waals surface area contributed by atoms with E-state index in [2.05, 4.69) is 27.4 Å². The van der Waals surface area contributed by atoms with Gasteiger partial charge in [-0.2, -0.15) is 0 Å². The summed E-state index contributed by atoms with van der Waals surface area (Å²) in [6, 6.07) is 18.1. The highest BCUT2D eigenvalue weighted by Gasteiger charge is 2.04. The van der Waals surface area contributed by atoms with Gasteiger partial charge < -0.3 is 10.3 Å². The van der Waals surface area contributed by atoms with Crippen LogP contribution in [0.5, 0.6) is 0 Å². The molecular formula is C22H19N3O. The second-order valence-electron chi connectivity index (χ2n) is 6.16. The maximum Gasteiger partial charge on any atom is 0.244 e. The van der Waals surface area contributed by atoms with Crippen LogP contribution in [-0.4, -0.2) is 22.4 Å². The number of para-hydroxylation sites is 2. The zero-order valence-electron chi connectivity index (χ0n) is 14.3. The first-order valence-electron chi connectivity index (χ1n) is 8.66. The molecule has 0 aliphatic carbocycles. The molecule has 2 aromatic carbocycles. The van der Waals surface area contributed by atoms with Gasteiger partial charge in [0.25, 0.3) is 0 Å². The molecule has 0 bridgehead atoms. The van der Waals surface area contributed by atoms with Crippen molar-refractivity contribution in [2.24, 2.45) is 0 Å². The number of H-pyrrole nitrogens is 1.